The molecule has 0 amide bonds. The van der Waals surface area contributed by atoms with Crippen molar-refractivity contribution in [3.05, 3.63) is 0 Å². The van der Waals surface area contributed by atoms with E-state index in [9.17, 15) is 25.9 Å². The zero-order chi connectivity index (χ0) is 14.6. The minimum absolute atomic E-state index is 0. The molecule has 0 aliphatic carbocycles. The van der Waals surface area contributed by atoms with E-state index >= 15 is 0 Å². The fraction of sp³-hybridized carbons (Fsp3) is 1.00. The molecular weight excluding hydrogens is 305 g/mol. The Bertz CT molecular complexity index is 449. The van der Waals surface area contributed by atoms with Crippen LogP contribution in [-0.4, -0.2) is 67.6 Å². The van der Waals surface area contributed by atoms with Crippen molar-refractivity contribution in [1.29, 1.82) is 0 Å². The number of hydrogen-bond donors (Lipinski definition) is 0. The third-order valence-corrected chi connectivity index (χ3v) is 5.56. The SMILES string of the molecule is CC[N+](CC)(CC)CC(CS(=O)(=O)[O-])S(=O)(=O)[O-].[Na+]. The Labute approximate surface area is 137 Å². The molecule has 0 heterocycles. The van der Waals surface area contributed by atoms with Crippen LogP contribution in [0.3, 0.4) is 0 Å². The van der Waals surface area contributed by atoms with Crippen molar-refractivity contribution in [2.45, 2.75) is 26.0 Å². The zero-order valence-corrected chi connectivity index (χ0v) is 15.5. The monoisotopic (exact) mass is 325 g/mol. The third-order valence-electron chi connectivity index (χ3n) is 3.40. The molecule has 0 aromatic rings. The molecule has 7 nitrogen and oxygen atoms in total. The van der Waals surface area contributed by atoms with E-state index in [1.54, 1.807) is 0 Å². The van der Waals surface area contributed by atoms with Crippen LogP contribution in [0, 0.1) is 0 Å². The normalized spacial score (nSPS) is 14.8. The molecule has 0 bridgehead atoms. The molecule has 10 heteroatoms. The molecule has 0 aromatic heterocycles. The van der Waals surface area contributed by atoms with Crippen LogP contribution < -0.4 is 29.6 Å². The summed E-state index contributed by atoms with van der Waals surface area (Å²) in [4.78, 5) is 0. The Kier molecular flexibility index (Phi) is 9.61. The van der Waals surface area contributed by atoms with Crippen LogP contribution in [-0.2, 0) is 20.2 Å². The number of nitrogens with zero attached hydrogens (tertiary/aromatic N) is 1. The smallest absolute Gasteiger partial charge is 0.748 e. The molecule has 1 unspecified atom stereocenters. The van der Waals surface area contributed by atoms with Crippen molar-refractivity contribution in [2.24, 2.45) is 0 Å². The van der Waals surface area contributed by atoms with Crippen LogP contribution in [0.15, 0.2) is 0 Å². The number of rotatable bonds is 8. The van der Waals surface area contributed by atoms with Crippen molar-refractivity contribution in [2.75, 3.05) is 31.9 Å². The van der Waals surface area contributed by atoms with E-state index in [0.717, 1.165) is 0 Å². The van der Waals surface area contributed by atoms with Gasteiger partial charge in [-0.2, -0.15) is 0 Å². The van der Waals surface area contributed by atoms with Gasteiger partial charge >= 0.3 is 29.6 Å². The molecule has 110 valence electrons. The first-order chi connectivity index (χ1) is 7.99. The molecule has 0 aromatic carbocycles. The van der Waals surface area contributed by atoms with Crippen molar-refractivity contribution in [1.82, 2.24) is 0 Å². The summed E-state index contributed by atoms with van der Waals surface area (Å²) < 4.78 is 65.5. The predicted molar refractivity (Wildman–Crippen MR) is 64.8 cm³/mol. The van der Waals surface area contributed by atoms with Crippen LogP contribution >= 0.6 is 0 Å². The maximum atomic E-state index is 11.1. The molecule has 0 radical (unpaired) electrons. The van der Waals surface area contributed by atoms with E-state index < -0.39 is 31.2 Å². The molecule has 1 atom stereocenters. The van der Waals surface area contributed by atoms with Crippen molar-refractivity contribution < 1.29 is 60.0 Å². The van der Waals surface area contributed by atoms with Gasteiger partial charge in [0.05, 0.1) is 42.1 Å². The Morgan fingerprint density at radius 2 is 1.32 bits per heavy atom. The van der Waals surface area contributed by atoms with Gasteiger partial charge in [0.1, 0.15) is 15.4 Å². The fourth-order valence-electron chi connectivity index (χ4n) is 1.95. The number of hydrogen-bond acceptors (Lipinski definition) is 6. The van der Waals surface area contributed by atoms with Gasteiger partial charge < -0.3 is 13.6 Å². The van der Waals surface area contributed by atoms with Crippen LogP contribution in [0.5, 0.6) is 0 Å². The van der Waals surface area contributed by atoms with Gasteiger partial charge in [-0.05, 0) is 20.8 Å². The first kappa shape index (κ1) is 22.1. The summed E-state index contributed by atoms with van der Waals surface area (Å²) in [7, 11) is -9.55. The summed E-state index contributed by atoms with van der Waals surface area (Å²) in [6, 6.07) is 0. The second-order valence-electron chi connectivity index (χ2n) is 4.31. The van der Waals surface area contributed by atoms with Gasteiger partial charge in [-0.25, -0.2) is 16.8 Å². The molecule has 0 fully saturated rings. The predicted octanol–water partition coefficient (Wildman–Crippen LogP) is -3.67. The molecule has 0 rings (SSSR count). The van der Waals surface area contributed by atoms with Crippen LogP contribution in [0.25, 0.3) is 0 Å². The van der Waals surface area contributed by atoms with E-state index in [0.29, 0.717) is 24.1 Å². The Morgan fingerprint density at radius 3 is 1.53 bits per heavy atom. The van der Waals surface area contributed by atoms with Gasteiger partial charge in [0, 0.05) is 0 Å². The summed E-state index contributed by atoms with van der Waals surface area (Å²) in [5.41, 5.74) is 0. The minimum Gasteiger partial charge on any atom is -0.748 e. The molecule has 0 N–H and O–H groups in total. The minimum atomic E-state index is -4.81. The molecule has 0 spiro atoms. The Hall–Kier alpha value is 0.780. The summed E-state index contributed by atoms with van der Waals surface area (Å²) in [5.74, 6) is -1.15. The summed E-state index contributed by atoms with van der Waals surface area (Å²) >= 11 is 0. The van der Waals surface area contributed by atoms with Gasteiger partial charge in [0.15, 0.2) is 0 Å². The van der Waals surface area contributed by atoms with Crippen molar-refractivity contribution in [3.8, 4) is 0 Å². The second kappa shape index (κ2) is 8.28. The average molecular weight is 325 g/mol. The molecule has 0 aliphatic heterocycles. The first-order valence-electron chi connectivity index (χ1n) is 5.73. The van der Waals surface area contributed by atoms with E-state index in [1.165, 1.54) is 0 Å². The third kappa shape index (κ3) is 7.96. The molecule has 0 aliphatic rings. The van der Waals surface area contributed by atoms with Crippen LogP contribution in [0.4, 0.5) is 0 Å². The molecule has 19 heavy (non-hydrogen) atoms. The van der Waals surface area contributed by atoms with Crippen molar-refractivity contribution in [3.63, 3.8) is 0 Å². The van der Waals surface area contributed by atoms with Gasteiger partial charge in [0.25, 0.3) is 0 Å². The van der Waals surface area contributed by atoms with E-state index in [-0.39, 0.29) is 36.1 Å². The maximum Gasteiger partial charge on any atom is 1.00 e. The second-order valence-corrected chi connectivity index (χ2v) is 7.41. The van der Waals surface area contributed by atoms with Crippen molar-refractivity contribution >= 4 is 20.2 Å². The summed E-state index contributed by atoms with van der Waals surface area (Å²) in [6.07, 6.45) is 0. The van der Waals surface area contributed by atoms with Gasteiger partial charge in [-0.15, -0.1) is 0 Å². The van der Waals surface area contributed by atoms with Crippen LogP contribution in [0.1, 0.15) is 20.8 Å². The molecular formula is C9H20NNaO6S2. The maximum absolute atomic E-state index is 11.1. The Balaban J connectivity index is 0. The zero-order valence-electron chi connectivity index (χ0n) is 11.8. The van der Waals surface area contributed by atoms with E-state index in [4.69, 9.17) is 0 Å². The molecule has 0 saturated carbocycles. The summed E-state index contributed by atoms with van der Waals surface area (Å²) in [6.45, 7) is 7.04. The standard InChI is InChI=1S/C9H21NO6S2.Na/c1-4-10(5-2,6-3)7-9(18(14,15)16)8-17(11,12)13;/h9H,4-8H2,1-3H3,(H-,11,12,13,14,15,16);/q;+1/p-1. The quantitative estimate of drug-likeness (QED) is 0.258. The largest absolute Gasteiger partial charge is 1.00 e. The van der Waals surface area contributed by atoms with E-state index in [2.05, 4.69) is 0 Å². The average Bonchev–Trinajstić information content (AvgIpc) is 2.21. The fourth-order valence-corrected chi connectivity index (χ4v) is 4.17. The Morgan fingerprint density at radius 1 is 0.947 bits per heavy atom. The van der Waals surface area contributed by atoms with Gasteiger partial charge in [-0.1, -0.05) is 0 Å². The van der Waals surface area contributed by atoms with Gasteiger partial charge in [0.2, 0.25) is 0 Å². The van der Waals surface area contributed by atoms with Crippen LogP contribution in [0.2, 0.25) is 0 Å². The molecule has 0 saturated heterocycles. The van der Waals surface area contributed by atoms with Gasteiger partial charge in [-0.3, -0.25) is 0 Å². The number of quaternary nitrogens is 1. The first-order valence-corrected chi connectivity index (χ1v) is 8.78. The topological polar surface area (TPSA) is 114 Å². The van der Waals surface area contributed by atoms with E-state index in [1.807, 2.05) is 20.8 Å². The summed E-state index contributed by atoms with van der Waals surface area (Å²) in [5, 5.41) is -1.68.